The number of hydrogen-bond donors (Lipinski definition) is 1. The Labute approximate surface area is 77.0 Å². The highest BCUT2D eigenvalue weighted by Gasteiger charge is 2.29. The lowest BCUT2D eigenvalue weighted by Crippen LogP contribution is -2.27. The van der Waals surface area contributed by atoms with E-state index in [0.717, 1.165) is 13.1 Å². The Hall–Kier alpha value is -0.380. The number of nitrogens with zero attached hydrogens (tertiary/aromatic N) is 1. The van der Waals surface area contributed by atoms with Gasteiger partial charge in [0.05, 0.1) is 0 Å². The van der Waals surface area contributed by atoms with Gasteiger partial charge in [-0.3, -0.25) is 0 Å². The first-order valence-corrected chi connectivity index (χ1v) is 5.13. The van der Waals surface area contributed by atoms with E-state index in [0.29, 0.717) is 12.0 Å². The lowest BCUT2D eigenvalue weighted by atomic mass is 10.0. The summed E-state index contributed by atoms with van der Waals surface area (Å²) in [5.74, 6) is 0.565. The maximum atomic E-state index is 6.03. The highest BCUT2D eigenvalue weighted by Crippen LogP contribution is 2.28. The van der Waals surface area contributed by atoms with Crippen LogP contribution in [0.3, 0.4) is 0 Å². The monoisotopic (exact) mass is 182 g/mol. The Kier molecular flexibility index (Phi) is 2.17. The van der Waals surface area contributed by atoms with Crippen molar-refractivity contribution in [3.8, 4) is 0 Å². The van der Waals surface area contributed by atoms with E-state index in [9.17, 15) is 0 Å². The van der Waals surface area contributed by atoms with Gasteiger partial charge < -0.3 is 10.6 Å². The molecule has 66 valence electrons. The van der Waals surface area contributed by atoms with Crippen molar-refractivity contribution in [3.63, 3.8) is 0 Å². The molecule has 3 heteroatoms. The van der Waals surface area contributed by atoms with Crippen LogP contribution in [0.5, 0.6) is 0 Å². The minimum atomic E-state index is 0.327. The average Bonchev–Trinajstić information content (AvgIpc) is 2.58. The molecule has 1 aromatic heterocycles. The molecule has 12 heavy (non-hydrogen) atoms. The van der Waals surface area contributed by atoms with Gasteiger partial charge >= 0.3 is 0 Å². The van der Waals surface area contributed by atoms with E-state index < -0.39 is 0 Å². The molecule has 2 nitrogen and oxygen atoms in total. The van der Waals surface area contributed by atoms with Gasteiger partial charge in [0.2, 0.25) is 0 Å². The van der Waals surface area contributed by atoms with Crippen LogP contribution in [-0.4, -0.2) is 31.1 Å². The van der Waals surface area contributed by atoms with Crippen molar-refractivity contribution < 1.29 is 0 Å². The topological polar surface area (TPSA) is 29.3 Å². The highest BCUT2D eigenvalue weighted by atomic mass is 32.1. The molecular formula is C9H14N2S. The van der Waals surface area contributed by atoms with Gasteiger partial charge in [-0.1, -0.05) is 6.07 Å². The molecule has 2 atom stereocenters. The number of nitrogens with two attached hydrogens (primary N) is 1. The molecule has 0 bridgehead atoms. The summed E-state index contributed by atoms with van der Waals surface area (Å²) in [7, 11) is 2.13. The van der Waals surface area contributed by atoms with E-state index in [-0.39, 0.29) is 0 Å². The van der Waals surface area contributed by atoms with Crippen LogP contribution >= 0.6 is 11.3 Å². The number of hydrogen-bond acceptors (Lipinski definition) is 3. The molecule has 1 fully saturated rings. The number of likely N-dealkylation sites (tertiary alicyclic amines) is 1. The Morgan fingerprint density at radius 2 is 2.42 bits per heavy atom. The van der Waals surface area contributed by atoms with E-state index in [2.05, 4.69) is 29.5 Å². The molecule has 0 aliphatic carbocycles. The third kappa shape index (κ3) is 1.40. The zero-order chi connectivity index (χ0) is 8.55. The van der Waals surface area contributed by atoms with E-state index in [1.165, 1.54) is 4.88 Å². The fourth-order valence-corrected chi connectivity index (χ4v) is 2.73. The lowest BCUT2D eigenvalue weighted by Gasteiger charge is -2.10. The van der Waals surface area contributed by atoms with E-state index >= 15 is 0 Å². The molecule has 1 aromatic rings. The summed E-state index contributed by atoms with van der Waals surface area (Å²) in [5.41, 5.74) is 6.03. The molecule has 2 rings (SSSR count). The highest BCUT2D eigenvalue weighted by molar-refractivity contribution is 7.10. The van der Waals surface area contributed by atoms with Gasteiger partial charge in [-0.05, 0) is 18.5 Å². The summed E-state index contributed by atoms with van der Waals surface area (Å²) in [4.78, 5) is 3.74. The average molecular weight is 182 g/mol. The predicted octanol–water partition coefficient (Wildman–Crippen LogP) is 1.10. The number of likely N-dealkylation sites (N-methyl/N-ethyl adjacent to an activating group) is 1. The molecule has 1 saturated heterocycles. The Morgan fingerprint density at radius 1 is 1.58 bits per heavy atom. The quantitative estimate of drug-likeness (QED) is 0.705. The van der Waals surface area contributed by atoms with E-state index in [1.807, 2.05) is 11.3 Å². The molecule has 0 unspecified atom stereocenters. The first kappa shape index (κ1) is 8.23. The molecular weight excluding hydrogens is 168 g/mol. The Bertz CT molecular complexity index is 245. The Morgan fingerprint density at radius 3 is 2.92 bits per heavy atom. The van der Waals surface area contributed by atoms with Crippen molar-refractivity contribution in [3.05, 3.63) is 22.4 Å². The largest absolute Gasteiger partial charge is 0.326 e. The second-order valence-corrected chi connectivity index (χ2v) is 4.49. The molecule has 1 aliphatic heterocycles. The van der Waals surface area contributed by atoms with E-state index in [1.54, 1.807) is 0 Å². The van der Waals surface area contributed by atoms with Gasteiger partial charge in [0.15, 0.2) is 0 Å². The molecule has 0 spiro atoms. The van der Waals surface area contributed by atoms with Crippen LogP contribution in [0.25, 0.3) is 0 Å². The van der Waals surface area contributed by atoms with Crippen LogP contribution in [0, 0.1) is 0 Å². The smallest absolute Gasteiger partial charge is 0.0257 e. The first-order chi connectivity index (χ1) is 5.77. The van der Waals surface area contributed by atoms with Crippen LogP contribution in [0.2, 0.25) is 0 Å². The van der Waals surface area contributed by atoms with Crippen LogP contribution in [-0.2, 0) is 0 Å². The molecule has 0 amide bonds. The third-order valence-corrected chi connectivity index (χ3v) is 3.46. The van der Waals surface area contributed by atoms with Gasteiger partial charge in [0.25, 0.3) is 0 Å². The second-order valence-electron chi connectivity index (χ2n) is 3.51. The fourth-order valence-electron chi connectivity index (χ4n) is 1.84. The van der Waals surface area contributed by atoms with E-state index in [4.69, 9.17) is 5.73 Å². The maximum absolute atomic E-state index is 6.03. The lowest BCUT2D eigenvalue weighted by molar-refractivity contribution is 0.408. The maximum Gasteiger partial charge on any atom is 0.0257 e. The zero-order valence-corrected chi connectivity index (χ0v) is 8.05. The summed E-state index contributed by atoms with van der Waals surface area (Å²) in [6, 6.07) is 4.62. The number of thiophene rings is 1. The molecule has 2 N–H and O–H groups in total. The van der Waals surface area contributed by atoms with Crippen LogP contribution in [0.1, 0.15) is 10.8 Å². The third-order valence-electron chi connectivity index (χ3n) is 2.46. The first-order valence-electron chi connectivity index (χ1n) is 4.25. The normalized spacial score (nSPS) is 31.2. The number of rotatable bonds is 1. The molecule has 0 aromatic carbocycles. The summed E-state index contributed by atoms with van der Waals surface area (Å²) >= 11 is 1.82. The van der Waals surface area contributed by atoms with Crippen molar-refractivity contribution in [2.45, 2.75) is 12.0 Å². The van der Waals surface area contributed by atoms with Crippen molar-refractivity contribution >= 4 is 11.3 Å². The van der Waals surface area contributed by atoms with Gasteiger partial charge in [0.1, 0.15) is 0 Å². The van der Waals surface area contributed by atoms with Crippen LogP contribution < -0.4 is 5.73 Å². The minimum Gasteiger partial charge on any atom is -0.326 e. The summed E-state index contributed by atoms with van der Waals surface area (Å²) < 4.78 is 0. The SMILES string of the molecule is CN1C[C@@H](N)[C@H](c2cccs2)C1. The van der Waals surface area contributed by atoms with Gasteiger partial charge in [0, 0.05) is 29.9 Å². The van der Waals surface area contributed by atoms with Gasteiger partial charge in [-0.15, -0.1) is 11.3 Å². The van der Waals surface area contributed by atoms with Crippen molar-refractivity contribution in [2.75, 3.05) is 20.1 Å². The summed E-state index contributed by atoms with van der Waals surface area (Å²) in [6.45, 7) is 2.14. The standard InChI is InChI=1S/C9H14N2S/c1-11-5-7(8(10)6-11)9-3-2-4-12-9/h2-4,7-8H,5-6,10H2,1H3/t7-,8-/m1/s1. The van der Waals surface area contributed by atoms with Gasteiger partial charge in [-0.2, -0.15) is 0 Å². The molecule has 0 saturated carbocycles. The van der Waals surface area contributed by atoms with Crippen molar-refractivity contribution in [2.24, 2.45) is 5.73 Å². The zero-order valence-electron chi connectivity index (χ0n) is 7.23. The second kappa shape index (κ2) is 3.17. The van der Waals surface area contributed by atoms with Gasteiger partial charge in [-0.25, -0.2) is 0 Å². The summed E-state index contributed by atoms with van der Waals surface area (Å²) in [5, 5.41) is 2.13. The van der Waals surface area contributed by atoms with Crippen LogP contribution in [0.4, 0.5) is 0 Å². The van der Waals surface area contributed by atoms with Crippen molar-refractivity contribution in [1.82, 2.24) is 4.90 Å². The summed E-state index contributed by atoms with van der Waals surface area (Å²) in [6.07, 6.45) is 0. The predicted molar refractivity (Wildman–Crippen MR) is 52.5 cm³/mol. The fraction of sp³-hybridized carbons (Fsp3) is 0.556. The van der Waals surface area contributed by atoms with Crippen molar-refractivity contribution in [1.29, 1.82) is 0 Å². The minimum absolute atomic E-state index is 0.327. The van der Waals surface area contributed by atoms with Crippen LogP contribution in [0.15, 0.2) is 17.5 Å². The molecule has 0 radical (unpaired) electrons. The molecule has 2 heterocycles. The Balaban J connectivity index is 2.15. The molecule has 1 aliphatic rings.